The van der Waals surface area contributed by atoms with Gasteiger partial charge in [0.1, 0.15) is 0 Å². The van der Waals surface area contributed by atoms with Crippen molar-refractivity contribution in [2.24, 2.45) is 0 Å². The molecule has 0 amide bonds. The minimum absolute atomic E-state index is 1.09. The molecule has 1 nitrogen and oxygen atoms in total. The van der Waals surface area contributed by atoms with Gasteiger partial charge in [0.2, 0.25) is 0 Å². The Hall–Kier alpha value is -0.980. The molecule has 0 aliphatic rings. The molecule has 0 saturated heterocycles. The molecule has 1 N–H and O–H groups in total. The van der Waals surface area contributed by atoms with E-state index < -0.39 is 0 Å². The third-order valence-corrected chi connectivity index (χ3v) is 2.85. The van der Waals surface area contributed by atoms with Crippen molar-refractivity contribution in [3.8, 4) is 0 Å². The van der Waals surface area contributed by atoms with Crippen molar-refractivity contribution >= 4 is 0 Å². The lowest BCUT2D eigenvalue weighted by atomic mass is 10.00. The molecular formula is C14H25N. The van der Waals surface area contributed by atoms with Gasteiger partial charge in [-0.05, 0) is 52.2 Å². The van der Waals surface area contributed by atoms with Crippen molar-refractivity contribution < 1.29 is 0 Å². The van der Waals surface area contributed by atoms with E-state index in [-0.39, 0.29) is 0 Å². The lowest BCUT2D eigenvalue weighted by molar-refractivity contribution is 0.955. The van der Waals surface area contributed by atoms with Crippen LogP contribution in [-0.4, -0.2) is 7.05 Å². The topological polar surface area (TPSA) is 12.0 Å². The fourth-order valence-corrected chi connectivity index (χ4v) is 1.56. The minimum Gasteiger partial charge on any atom is -0.388 e. The highest BCUT2D eigenvalue weighted by Crippen LogP contribution is 2.20. The predicted octanol–water partition coefficient (Wildman–Crippen LogP) is 4.19. The molecule has 0 saturated carbocycles. The molecule has 0 aromatic carbocycles. The van der Waals surface area contributed by atoms with Crippen LogP contribution in [0.5, 0.6) is 0 Å². The first-order chi connectivity index (χ1) is 6.95. The van der Waals surface area contributed by atoms with Crippen molar-refractivity contribution in [3.63, 3.8) is 0 Å². The van der Waals surface area contributed by atoms with Crippen molar-refractivity contribution in [3.05, 3.63) is 34.1 Å². The van der Waals surface area contributed by atoms with E-state index in [4.69, 9.17) is 0 Å². The van der Waals surface area contributed by atoms with E-state index in [0.717, 1.165) is 6.42 Å². The molecule has 0 heterocycles. The summed E-state index contributed by atoms with van der Waals surface area (Å²) in [7, 11) is 1.99. The number of allylic oxidation sites excluding steroid dienone is 5. The van der Waals surface area contributed by atoms with Gasteiger partial charge in [0.25, 0.3) is 0 Å². The van der Waals surface area contributed by atoms with Gasteiger partial charge in [-0.3, -0.25) is 0 Å². The summed E-state index contributed by atoms with van der Waals surface area (Å²) in [6, 6.07) is 0. The second-order valence-corrected chi connectivity index (χ2v) is 4.17. The summed E-state index contributed by atoms with van der Waals surface area (Å²) in [5, 5.41) is 3.30. The smallest absolute Gasteiger partial charge is 0.0398 e. The molecule has 15 heavy (non-hydrogen) atoms. The van der Waals surface area contributed by atoms with Gasteiger partial charge >= 0.3 is 0 Å². The second kappa shape index (κ2) is 6.49. The molecule has 0 bridgehead atoms. The second-order valence-electron chi connectivity index (χ2n) is 4.17. The molecule has 0 aromatic rings. The quantitative estimate of drug-likeness (QED) is 0.681. The van der Waals surface area contributed by atoms with Gasteiger partial charge in [0.05, 0.1) is 0 Å². The lowest BCUT2D eigenvalue weighted by Gasteiger charge is -2.15. The predicted molar refractivity (Wildman–Crippen MR) is 69.9 cm³/mol. The summed E-state index contributed by atoms with van der Waals surface area (Å²) >= 11 is 0. The van der Waals surface area contributed by atoms with Gasteiger partial charge in [0, 0.05) is 12.7 Å². The average Bonchev–Trinajstić information content (AvgIpc) is 2.18. The Morgan fingerprint density at radius 3 is 1.87 bits per heavy atom. The zero-order valence-electron chi connectivity index (χ0n) is 11.3. The van der Waals surface area contributed by atoms with Crippen LogP contribution in [0.3, 0.4) is 0 Å². The first-order valence-corrected chi connectivity index (χ1v) is 5.65. The molecule has 0 fully saturated rings. The summed E-state index contributed by atoms with van der Waals surface area (Å²) < 4.78 is 0. The van der Waals surface area contributed by atoms with Crippen LogP contribution < -0.4 is 5.32 Å². The molecule has 0 rings (SSSR count). The van der Waals surface area contributed by atoms with Gasteiger partial charge < -0.3 is 5.32 Å². The van der Waals surface area contributed by atoms with Crippen LogP contribution in [0.4, 0.5) is 0 Å². The summed E-state index contributed by atoms with van der Waals surface area (Å²) in [4.78, 5) is 0. The largest absolute Gasteiger partial charge is 0.388 e. The van der Waals surface area contributed by atoms with Gasteiger partial charge in [0.15, 0.2) is 0 Å². The maximum Gasteiger partial charge on any atom is 0.0398 e. The molecule has 86 valence electrons. The molecule has 1 heteroatoms. The van der Waals surface area contributed by atoms with Crippen LogP contribution in [0.1, 0.15) is 48.0 Å². The monoisotopic (exact) mass is 207 g/mol. The van der Waals surface area contributed by atoms with E-state index in [2.05, 4.69) is 52.9 Å². The van der Waals surface area contributed by atoms with Gasteiger partial charge in [-0.15, -0.1) is 0 Å². The van der Waals surface area contributed by atoms with Crippen molar-refractivity contribution in [2.45, 2.75) is 48.0 Å². The van der Waals surface area contributed by atoms with E-state index in [1.54, 1.807) is 0 Å². The SMILES string of the molecule is CC/C=C(C)\C(C)=C(/NC)C(C)=C(C)C. The van der Waals surface area contributed by atoms with Crippen LogP contribution >= 0.6 is 0 Å². The van der Waals surface area contributed by atoms with E-state index in [1.165, 1.54) is 28.0 Å². The maximum absolute atomic E-state index is 3.30. The Morgan fingerprint density at radius 1 is 1.00 bits per heavy atom. The average molecular weight is 207 g/mol. The molecule has 0 aromatic heterocycles. The minimum atomic E-state index is 1.09. The molecular weight excluding hydrogens is 182 g/mol. The van der Waals surface area contributed by atoms with E-state index in [0.29, 0.717) is 0 Å². The van der Waals surface area contributed by atoms with Crippen LogP contribution in [0.15, 0.2) is 34.1 Å². The van der Waals surface area contributed by atoms with Crippen LogP contribution in [0.25, 0.3) is 0 Å². The Bertz CT molecular complexity index is 299. The van der Waals surface area contributed by atoms with Gasteiger partial charge in [-0.1, -0.05) is 24.1 Å². The summed E-state index contributed by atoms with van der Waals surface area (Å²) in [6.07, 6.45) is 3.36. The van der Waals surface area contributed by atoms with E-state index >= 15 is 0 Å². The third kappa shape index (κ3) is 3.94. The van der Waals surface area contributed by atoms with Gasteiger partial charge in [-0.2, -0.15) is 0 Å². The van der Waals surface area contributed by atoms with Crippen molar-refractivity contribution in [1.29, 1.82) is 0 Å². The van der Waals surface area contributed by atoms with Crippen LogP contribution in [0, 0.1) is 0 Å². The number of nitrogens with one attached hydrogen (secondary N) is 1. The zero-order chi connectivity index (χ0) is 12.0. The highest BCUT2D eigenvalue weighted by Gasteiger charge is 2.05. The fraction of sp³-hybridized carbons (Fsp3) is 0.571. The molecule has 0 unspecified atom stereocenters. The maximum atomic E-state index is 3.30. The van der Waals surface area contributed by atoms with Crippen LogP contribution in [-0.2, 0) is 0 Å². The standard InChI is InChI=1S/C14H25N/c1-8-9-11(4)13(6)14(15-7)12(5)10(2)3/h9,15H,8H2,1-7H3/b11-9-,14-13-. The Balaban J connectivity index is 5.35. The number of rotatable bonds is 4. The van der Waals surface area contributed by atoms with Crippen molar-refractivity contribution in [2.75, 3.05) is 7.05 Å². The number of hydrogen-bond donors (Lipinski definition) is 1. The Morgan fingerprint density at radius 2 is 1.53 bits per heavy atom. The van der Waals surface area contributed by atoms with Crippen molar-refractivity contribution in [1.82, 2.24) is 5.32 Å². The molecule has 0 aliphatic carbocycles. The Labute approximate surface area is 95.0 Å². The van der Waals surface area contributed by atoms with E-state index in [9.17, 15) is 0 Å². The summed E-state index contributed by atoms with van der Waals surface area (Å²) in [5.74, 6) is 0. The first kappa shape index (κ1) is 14.0. The lowest BCUT2D eigenvalue weighted by Crippen LogP contribution is -2.11. The molecule has 0 radical (unpaired) electrons. The van der Waals surface area contributed by atoms with Gasteiger partial charge in [-0.25, -0.2) is 0 Å². The fourth-order valence-electron chi connectivity index (χ4n) is 1.56. The first-order valence-electron chi connectivity index (χ1n) is 5.65. The number of likely N-dealkylation sites (N-methyl/N-ethyl adjacent to an activating group) is 1. The zero-order valence-corrected chi connectivity index (χ0v) is 11.3. The molecule has 0 aliphatic heterocycles. The summed E-state index contributed by atoms with van der Waals surface area (Å²) in [6.45, 7) is 13.0. The third-order valence-electron chi connectivity index (χ3n) is 2.85. The van der Waals surface area contributed by atoms with E-state index in [1.807, 2.05) is 7.05 Å². The van der Waals surface area contributed by atoms with Crippen LogP contribution in [0.2, 0.25) is 0 Å². The highest BCUT2D eigenvalue weighted by molar-refractivity contribution is 5.42. The number of hydrogen-bond acceptors (Lipinski definition) is 1. The molecule has 0 spiro atoms. The summed E-state index contributed by atoms with van der Waals surface area (Å²) in [5.41, 5.74) is 6.68. The normalized spacial score (nSPS) is 13.4. The molecule has 0 atom stereocenters. The Kier molecular flexibility index (Phi) is 6.07. The highest BCUT2D eigenvalue weighted by atomic mass is 14.8.